The fourth-order valence-electron chi connectivity index (χ4n) is 2.06. The summed E-state index contributed by atoms with van der Waals surface area (Å²) in [5, 5.41) is 0. The summed E-state index contributed by atoms with van der Waals surface area (Å²) in [6.07, 6.45) is 0. The molecule has 1 aromatic carbocycles. The molecule has 1 saturated heterocycles. The number of nitrogens with zero attached hydrogens (tertiary/aromatic N) is 1. The lowest BCUT2D eigenvalue weighted by Crippen LogP contribution is -2.52. The summed E-state index contributed by atoms with van der Waals surface area (Å²) in [4.78, 5) is 2.41. The lowest BCUT2D eigenvalue weighted by molar-refractivity contribution is 0.195. The van der Waals surface area contributed by atoms with E-state index in [2.05, 4.69) is 43.9 Å². The number of nitrogens with two attached hydrogens (primary N) is 1. The van der Waals surface area contributed by atoms with Crippen LogP contribution in [-0.2, 0) is 0 Å². The van der Waals surface area contributed by atoms with Crippen LogP contribution in [0.4, 0.5) is 11.4 Å². The van der Waals surface area contributed by atoms with E-state index in [9.17, 15) is 0 Å². The third-order valence-corrected chi connectivity index (χ3v) is 3.73. The first kappa shape index (κ1) is 11.3. The maximum absolute atomic E-state index is 5.93. The highest BCUT2D eigenvalue weighted by Gasteiger charge is 2.35. The largest absolute Gasteiger partial charge is 0.398 e. The van der Waals surface area contributed by atoms with Crippen LogP contribution in [0.15, 0.2) is 18.2 Å². The summed E-state index contributed by atoms with van der Waals surface area (Å²) in [5.74, 6) is 0.801. The lowest BCUT2D eigenvalue weighted by Gasteiger charge is -2.47. The van der Waals surface area contributed by atoms with Crippen molar-refractivity contribution in [3.05, 3.63) is 23.8 Å². The number of hydrogen-bond acceptors (Lipinski definition) is 2. The van der Waals surface area contributed by atoms with Crippen LogP contribution in [0.25, 0.3) is 0 Å². The van der Waals surface area contributed by atoms with Gasteiger partial charge >= 0.3 is 0 Å². The molecule has 2 heteroatoms. The maximum atomic E-state index is 5.93. The van der Waals surface area contributed by atoms with E-state index in [1.165, 1.54) is 5.69 Å². The van der Waals surface area contributed by atoms with Gasteiger partial charge < -0.3 is 10.6 Å². The van der Waals surface area contributed by atoms with Gasteiger partial charge in [0.15, 0.2) is 0 Å². The Balaban J connectivity index is 2.04. The average Bonchev–Trinajstić information content (AvgIpc) is 2.06. The van der Waals surface area contributed by atoms with Gasteiger partial charge in [-0.3, -0.25) is 0 Å². The van der Waals surface area contributed by atoms with Crippen LogP contribution < -0.4 is 10.6 Å². The molecule has 0 unspecified atom stereocenters. The summed E-state index contributed by atoms with van der Waals surface area (Å²) < 4.78 is 0. The van der Waals surface area contributed by atoms with E-state index in [1.807, 2.05) is 6.92 Å². The van der Waals surface area contributed by atoms with E-state index in [0.29, 0.717) is 5.41 Å². The van der Waals surface area contributed by atoms with Crippen LogP contribution in [0.2, 0.25) is 0 Å². The summed E-state index contributed by atoms with van der Waals surface area (Å²) in [6.45, 7) is 11.3. The van der Waals surface area contributed by atoms with Crippen molar-refractivity contribution in [3.63, 3.8) is 0 Å². The number of hydrogen-bond donors (Lipinski definition) is 1. The van der Waals surface area contributed by atoms with E-state index < -0.39 is 0 Å². The summed E-state index contributed by atoms with van der Waals surface area (Å²) >= 11 is 0. The molecular weight excluding hydrogens is 196 g/mol. The molecule has 1 fully saturated rings. The fraction of sp³-hybridized carbons (Fsp3) is 0.571. The van der Waals surface area contributed by atoms with Crippen molar-refractivity contribution in [1.29, 1.82) is 0 Å². The van der Waals surface area contributed by atoms with Gasteiger partial charge in [-0.25, -0.2) is 0 Å². The Kier molecular flexibility index (Phi) is 2.61. The smallest absolute Gasteiger partial charge is 0.0387 e. The zero-order chi connectivity index (χ0) is 11.9. The molecule has 1 aromatic rings. The molecule has 0 amide bonds. The molecule has 1 aliphatic heterocycles. The molecule has 0 bridgehead atoms. The van der Waals surface area contributed by atoms with Gasteiger partial charge in [-0.2, -0.15) is 0 Å². The van der Waals surface area contributed by atoms with Crippen molar-refractivity contribution in [1.82, 2.24) is 0 Å². The normalized spacial score (nSPS) is 17.4. The highest BCUT2D eigenvalue weighted by Crippen LogP contribution is 2.36. The Morgan fingerprint density at radius 2 is 1.88 bits per heavy atom. The van der Waals surface area contributed by atoms with Crippen molar-refractivity contribution >= 4 is 11.4 Å². The number of benzene rings is 1. The van der Waals surface area contributed by atoms with Gasteiger partial charge in [0, 0.05) is 24.5 Å². The topological polar surface area (TPSA) is 29.3 Å². The van der Waals surface area contributed by atoms with E-state index in [1.54, 1.807) is 0 Å². The first-order valence-electron chi connectivity index (χ1n) is 5.99. The van der Waals surface area contributed by atoms with Crippen LogP contribution in [-0.4, -0.2) is 13.1 Å². The van der Waals surface area contributed by atoms with Crippen molar-refractivity contribution in [3.8, 4) is 0 Å². The molecule has 0 aliphatic carbocycles. The summed E-state index contributed by atoms with van der Waals surface area (Å²) in [7, 11) is 0. The van der Waals surface area contributed by atoms with Crippen molar-refractivity contribution < 1.29 is 0 Å². The summed E-state index contributed by atoms with van der Waals surface area (Å²) in [5.41, 5.74) is 9.68. The number of aryl methyl sites for hydroxylation is 1. The molecule has 0 radical (unpaired) electrons. The molecule has 0 atom stereocenters. The zero-order valence-electron chi connectivity index (χ0n) is 10.7. The van der Waals surface area contributed by atoms with Crippen LogP contribution >= 0.6 is 0 Å². The third-order valence-electron chi connectivity index (χ3n) is 3.73. The SMILES string of the molecule is Cc1ccc(N2CC(C(C)(C)C)C2)cc1N. The molecule has 2 rings (SSSR count). The maximum Gasteiger partial charge on any atom is 0.0387 e. The van der Waals surface area contributed by atoms with Gasteiger partial charge in [0.25, 0.3) is 0 Å². The standard InChI is InChI=1S/C14H22N2/c1-10-5-6-12(7-13(10)15)16-8-11(9-16)14(2,3)4/h5-7,11H,8-9,15H2,1-4H3. The third kappa shape index (κ3) is 2.01. The van der Waals surface area contributed by atoms with Gasteiger partial charge in [0.1, 0.15) is 0 Å². The molecule has 88 valence electrons. The Hall–Kier alpha value is -1.18. The fourth-order valence-corrected chi connectivity index (χ4v) is 2.06. The van der Waals surface area contributed by atoms with Gasteiger partial charge in [0.05, 0.1) is 0 Å². The first-order chi connectivity index (χ1) is 7.38. The predicted octanol–water partition coefficient (Wildman–Crippen LogP) is 3.06. The van der Waals surface area contributed by atoms with Crippen LogP contribution in [0.3, 0.4) is 0 Å². The predicted molar refractivity (Wildman–Crippen MR) is 70.7 cm³/mol. The molecule has 2 nitrogen and oxygen atoms in total. The minimum Gasteiger partial charge on any atom is -0.398 e. The van der Waals surface area contributed by atoms with Crippen LogP contribution in [0.5, 0.6) is 0 Å². The van der Waals surface area contributed by atoms with Crippen LogP contribution in [0.1, 0.15) is 26.3 Å². The second-order valence-electron chi connectivity index (χ2n) is 6.01. The van der Waals surface area contributed by atoms with E-state index in [4.69, 9.17) is 5.73 Å². The van der Waals surface area contributed by atoms with Crippen molar-refractivity contribution in [2.24, 2.45) is 11.3 Å². The van der Waals surface area contributed by atoms with Crippen LogP contribution in [0, 0.1) is 18.3 Å². The van der Waals surface area contributed by atoms with Crippen molar-refractivity contribution in [2.75, 3.05) is 23.7 Å². The Morgan fingerprint density at radius 3 is 2.38 bits per heavy atom. The number of anilines is 2. The lowest BCUT2D eigenvalue weighted by atomic mass is 9.76. The molecule has 1 heterocycles. The second kappa shape index (κ2) is 3.69. The minimum atomic E-state index is 0.423. The highest BCUT2D eigenvalue weighted by molar-refractivity contribution is 5.60. The molecule has 0 spiro atoms. The van der Waals surface area contributed by atoms with Gasteiger partial charge in [-0.1, -0.05) is 26.8 Å². The van der Waals surface area contributed by atoms with Gasteiger partial charge in [-0.05, 0) is 36.0 Å². The first-order valence-corrected chi connectivity index (χ1v) is 5.99. The Labute approximate surface area is 98.4 Å². The van der Waals surface area contributed by atoms with E-state index in [0.717, 1.165) is 30.3 Å². The average molecular weight is 218 g/mol. The molecule has 0 aromatic heterocycles. The molecule has 0 saturated carbocycles. The quantitative estimate of drug-likeness (QED) is 0.734. The molecule has 16 heavy (non-hydrogen) atoms. The molecular formula is C14H22N2. The van der Waals surface area contributed by atoms with Gasteiger partial charge in [-0.15, -0.1) is 0 Å². The van der Waals surface area contributed by atoms with Crippen molar-refractivity contribution in [2.45, 2.75) is 27.7 Å². The Morgan fingerprint density at radius 1 is 1.25 bits per heavy atom. The number of rotatable bonds is 1. The minimum absolute atomic E-state index is 0.423. The monoisotopic (exact) mass is 218 g/mol. The van der Waals surface area contributed by atoms with E-state index in [-0.39, 0.29) is 0 Å². The highest BCUT2D eigenvalue weighted by atomic mass is 15.2. The second-order valence-corrected chi connectivity index (χ2v) is 6.01. The Bertz CT molecular complexity index is 384. The zero-order valence-corrected chi connectivity index (χ0v) is 10.7. The summed E-state index contributed by atoms with van der Waals surface area (Å²) in [6, 6.07) is 6.37. The molecule has 2 N–H and O–H groups in total. The van der Waals surface area contributed by atoms with Gasteiger partial charge in [0.2, 0.25) is 0 Å². The van der Waals surface area contributed by atoms with E-state index >= 15 is 0 Å². The molecule has 1 aliphatic rings. The number of nitrogen functional groups attached to an aromatic ring is 1.